The summed E-state index contributed by atoms with van der Waals surface area (Å²) in [7, 11) is 0. The predicted molar refractivity (Wildman–Crippen MR) is 78.9 cm³/mol. The van der Waals surface area contributed by atoms with E-state index in [1.807, 2.05) is 25.1 Å². The van der Waals surface area contributed by atoms with Crippen LogP contribution in [0.4, 0.5) is 11.4 Å². The fourth-order valence-corrected chi connectivity index (χ4v) is 2.00. The molecule has 0 saturated heterocycles. The summed E-state index contributed by atoms with van der Waals surface area (Å²) in [5.41, 5.74) is 4.91. The molecule has 0 radical (unpaired) electrons. The number of nitrogens with zero attached hydrogens (tertiary/aromatic N) is 1. The number of nitrogens with two attached hydrogens (primary N) is 1. The number of pyridine rings is 1. The molecule has 19 heavy (non-hydrogen) atoms. The van der Waals surface area contributed by atoms with Gasteiger partial charge in [0.1, 0.15) is 0 Å². The fourth-order valence-electron chi connectivity index (χ4n) is 1.61. The Morgan fingerprint density at radius 2 is 2.05 bits per heavy atom. The van der Waals surface area contributed by atoms with Crippen molar-refractivity contribution in [3.63, 3.8) is 0 Å². The van der Waals surface area contributed by atoms with Crippen LogP contribution in [0.2, 0.25) is 0 Å². The Kier molecular flexibility index (Phi) is 4.13. The molecule has 2 aromatic rings. The number of benzene rings is 1. The number of hydrogen-bond acceptors (Lipinski definition) is 4. The third kappa shape index (κ3) is 3.10. The number of nitrogens with one attached hydrogen (secondary N) is 2. The van der Waals surface area contributed by atoms with E-state index >= 15 is 0 Å². The van der Waals surface area contributed by atoms with Gasteiger partial charge in [0.15, 0.2) is 0 Å². The Bertz CT molecular complexity index is 615. The molecule has 5 nitrogen and oxygen atoms in total. The quantitative estimate of drug-likeness (QED) is 0.600. The molecule has 0 atom stereocenters. The summed E-state index contributed by atoms with van der Waals surface area (Å²) < 4.78 is 0.811. The van der Waals surface area contributed by atoms with Gasteiger partial charge in [0.25, 0.3) is 5.91 Å². The van der Waals surface area contributed by atoms with Crippen molar-refractivity contribution in [1.29, 1.82) is 0 Å². The van der Waals surface area contributed by atoms with E-state index in [2.05, 4.69) is 31.7 Å². The Morgan fingerprint density at radius 3 is 2.74 bits per heavy atom. The van der Waals surface area contributed by atoms with Crippen molar-refractivity contribution >= 4 is 33.2 Å². The van der Waals surface area contributed by atoms with Crippen LogP contribution in [-0.4, -0.2) is 10.9 Å². The van der Waals surface area contributed by atoms with Crippen LogP contribution in [0.1, 0.15) is 16.1 Å². The highest BCUT2D eigenvalue weighted by atomic mass is 79.9. The lowest BCUT2D eigenvalue weighted by Crippen LogP contribution is -2.18. The molecule has 0 saturated carbocycles. The first-order chi connectivity index (χ1) is 9.11. The predicted octanol–water partition coefficient (Wildman–Crippen LogP) is 2.69. The summed E-state index contributed by atoms with van der Waals surface area (Å²) in [6.07, 6.45) is 1.50. The summed E-state index contributed by atoms with van der Waals surface area (Å²) in [5.74, 6) is 5.14. The van der Waals surface area contributed by atoms with Crippen molar-refractivity contribution in [2.45, 2.75) is 6.92 Å². The minimum Gasteiger partial charge on any atom is -0.323 e. The third-order valence-electron chi connectivity index (χ3n) is 2.56. The summed E-state index contributed by atoms with van der Waals surface area (Å²) in [4.78, 5) is 16.3. The van der Waals surface area contributed by atoms with E-state index in [9.17, 15) is 4.79 Å². The number of nitrogen functional groups attached to an aromatic ring is 1. The zero-order valence-corrected chi connectivity index (χ0v) is 11.9. The summed E-state index contributed by atoms with van der Waals surface area (Å²) in [6.45, 7) is 1.83. The molecule has 1 aromatic carbocycles. The molecule has 1 amide bonds. The first-order valence-electron chi connectivity index (χ1n) is 5.61. The van der Waals surface area contributed by atoms with Crippen LogP contribution in [0, 0.1) is 6.92 Å². The number of aromatic nitrogens is 1. The van der Waals surface area contributed by atoms with E-state index in [1.54, 1.807) is 12.1 Å². The second-order valence-electron chi connectivity index (χ2n) is 3.95. The molecule has 98 valence electrons. The molecule has 0 aliphatic heterocycles. The Balaban J connectivity index is 2.28. The van der Waals surface area contributed by atoms with Crippen LogP contribution in [-0.2, 0) is 0 Å². The number of halogens is 1. The van der Waals surface area contributed by atoms with Crippen LogP contribution >= 0.6 is 15.9 Å². The molecule has 0 aliphatic carbocycles. The van der Waals surface area contributed by atoms with Crippen LogP contribution in [0.5, 0.6) is 0 Å². The number of carbonyl (C=O) groups excluding carboxylic acids is 1. The highest BCUT2D eigenvalue weighted by Crippen LogP contribution is 2.23. The smallest absolute Gasteiger partial charge is 0.259 e. The van der Waals surface area contributed by atoms with Gasteiger partial charge in [-0.3, -0.25) is 15.6 Å². The minimum absolute atomic E-state index is 0.271. The molecule has 1 aromatic heterocycles. The molecule has 6 heteroatoms. The van der Waals surface area contributed by atoms with E-state index in [-0.39, 0.29) is 5.91 Å². The van der Waals surface area contributed by atoms with Crippen LogP contribution in [0.3, 0.4) is 0 Å². The number of carbonyl (C=O) groups is 1. The highest BCUT2D eigenvalue weighted by molar-refractivity contribution is 9.10. The Morgan fingerprint density at radius 1 is 1.32 bits per heavy atom. The van der Waals surface area contributed by atoms with Gasteiger partial charge in [0.05, 0.1) is 16.9 Å². The molecule has 0 aliphatic rings. The van der Waals surface area contributed by atoms with E-state index in [0.29, 0.717) is 16.9 Å². The maximum atomic E-state index is 12.2. The lowest BCUT2D eigenvalue weighted by molar-refractivity contribution is 0.102. The van der Waals surface area contributed by atoms with Crippen molar-refractivity contribution < 1.29 is 4.79 Å². The van der Waals surface area contributed by atoms with Gasteiger partial charge in [-0.2, -0.15) is 0 Å². The fraction of sp³-hybridized carbons (Fsp3) is 0.0769. The Labute approximate surface area is 119 Å². The largest absolute Gasteiger partial charge is 0.323 e. The van der Waals surface area contributed by atoms with E-state index in [1.165, 1.54) is 6.20 Å². The van der Waals surface area contributed by atoms with E-state index in [0.717, 1.165) is 10.2 Å². The van der Waals surface area contributed by atoms with Crippen LogP contribution in [0.15, 0.2) is 41.0 Å². The van der Waals surface area contributed by atoms with Crippen molar-refractivity contribution in [2.24, 2.45) is 5.84 Å². The topological polar surface area (TPSA) is 80.0 Å². The van der Waals surface area contributed by atoms with Gasteiger partial charge in [0, 0.05) is 16.4 Å². The maximum Gasteiger partial charge on any atom is 0.259 e. The monoisotopic (exact) mass is 320 g/mol. The normalized spacial score (nSPS) is 10.1. The average molecular weight is 321 g/mol. The molecule has 1 heterocycles. The molecular formula is C13H13BrN4O. The Hall–Kier alpha value is -1.92. The van der Waals surface area contributed by atoms with Gasteiger partial charge in [-0.15, -0.1) is 0 Å². The number of para-hydroxylation sites is 1. The number of hydrogen-bond donors (Lipinski definition) is 3. The second kappa shape index (κ2) is 5.81. The number of aryl methyl sites for hydroxylation is 1. The zero-order valence-electron chi connectivity index (χ0n) is 10.3. The van der Waals surface area contributed by atoms with Gasteiger partial charge in [-0.25, -0.2) is 0 Å². The first kappa shape index (κ1) is 13.5. The molecule has 0 fully saturated rings. The van der Waals surface area contributed by atoms with Crippen molar-refractivity contribution in [3.05, 3.63) is 52.3 Å². The summed E-state index contributed by atoms with van der Waals surface area (Å²) in [6, 6.07) is 9.09. The number of anilines is 2. The molecule has 2 rings (SSSR count). The van der Waals surface area contributed by atoms with Gasteiger partial charge >= 0.3 is 0 Å². The molecule has 0 spiro atoms. The minimum atomic E-state index is -0.271. The molecular weight excluding hydrogens is 308 g/mol. The molecule has 4 N–H and O–H groups in total. The number of amides is 1. The first-order valence-corrected chi connectivity index (χ1v) is 6.40. The lowest BCUT2D eigenvalue weighted by Gasteiger charge is -2.11. The number of rotatable bonds is 3. The molecule has 0 unspecified atom stereocenters. The number of hydrazine groups is 1. The van der Waals surface area contributed by atoms with Crippen molar-refractivity contribution in [3.8, 4) is 0 Å². The zero-order chi connectivity index (χ0) is 13.8. The highest BCUT2D eigenvalue weighted by Gasteiger charge is 2.13. The van der Waals surface area contributed by atoms with Crippen LogP contribution < -0.4 is 16.6 Å². The lowest BCUT2D eigenvalue weighted by atomic mass is 10.2. The molecule has 0 bridgehead atoms. The van der Waals surface area contributed by atoms with E-state index in [4.69, 9.17) is 5.84 Å². The standard InChI is InChI=1S/C13H13BrN4O/c1-8-6-12(18-15)9(7-16-8)13(19)17-11-5-3-2-4-10(11)14/h2-7H,15H2,1H3,(H,16,18)(H,17,19). The summed E-state index contributed by atoms with van der Waals surface area (Å²) >= 11 is 3.37. The maximum absolute atomic E-state index is 12.2. The SMILES string of the molecule is Cc1cc(NN)c(C(=O)Nc2ccccc2Br)cn1. The third-order valence-corrected chi connectivity index (χ3v) is 3.25. The van der Waals surface area contributed by atoms with Gasteiger partial charge in [-0.1, -0.05) is 12.1 Å². The van der Waals surface area contributed by atoms with Crippen molar-refractivity contribution in [1.82, 2.24) is 4.98 Å². The van der Waals surface area contributed by atoms with E-state index < -0.39 is 0 Å². The van der Waals surface area contributed by atoms with Crippen molar-refractivity contribution in [2.75, 3.05) is 10.7 Å². The summed E-state index contributed by atoms with van der Waals surface area (Å²) in [5, 5.41) is 2.80. The average Bonchev–Trinajstić information content (AvgIpc) is 2.41. The second-order valence-corrected chi connectivity index (χ2v) is 4.80. The van der Waals surface area contributed by atoms with Crippen LogP contribution in [0.25, 0.3) is 0 Å². The van der Waals surface area contributed by atoms with Gasteiger partial charge in [-0.05, 0) is 41.1 Å². The van der Waals surface area contributed by atoms with Gasteiger partial charge in [0.2, 0.25) is 0 Å². The van der Waals surface area contributed by atoms with Gasteiger partial charge < -0.3 is 10.7 Å².